The lowest BCUT2D eigenvalue weighted by molar-refractivity contribution is -0.0691. The van der Waals surface area contributed by atoms with Crippen molar-refractivity contribution < 1.29 is 4.74 Å². The molecule has 1 aliphatic heterocycles. The van der Waals surface area contributed by atoms with E-state index in [1.165, 1.54) is 4.88 Å². The summed E-state index contributed by atoms with van der Waals surface area (Å²) < 4.78 is 6.84. The van der Waals surface area contributed by atoms with Crippen molar-refractivity contribution in [2.45, 2.75) is 45.0 Å². The zero-order valence-electron chi connectivity index (χ0n) is 11.1. The van der Waals surface area contributed by atoms with Gasteiger partial charge >= 0.3 is 0 Å². The molecule has 4 unspecified atom stereocenters. The second-order valence-corrected chi connectivity index (χ2v) is 7.02. The Labute approximate surface area is 121 Å². The van der Waals surface area contributed by atoms with Gasteiger partial charge in [-0.2, -0.15) is 0 Å². The highest BCUT2D eigenvalue weighted by Crippen LogP contribution is 2.33. The molecule has 1 aromatic rings. The first-order valence-electron chi connectivity index (χ1n) is 6.36. The first-order chi connectivity index (χ1) is 8.49. The van der Waals surface area contributed by atoms with Gasteiger partial charge in [0.15, 0.2) is 0 Å². The van der Waals surface area contributed by atoms with E-state index >= 15 is 0 Å². The van der Waals surface area contributed by atoms with Crippen LogP contribution in [0.2, 0.25) is 0 Å². The molecule has 1 fully saturated rings. The zero-order valence-corrected chi connectivity index (χ0v) is 13.5. The van der Waals surface area contributed by atoms with Crippen molar-refractivity contribution >= 4 is 27.3 Å². The largest absolute Gasteiger partial charge is 0.376 e. The number of nitrogens with zero attached hydrogens (tertiary/aromatic N) is 1. The van der Waals surface area contributed by atoms with Crippen LogP contribution in [0.3, 0.4) is 0 Å². The van der Waals surface area contributed by atoms with Gasteiger partial charge in [-0.1, -0.05) is 0 Å². The van der Waals surface area contributed by atoms with Gasteiger partial charge in [-0.15, -0.1) is 11.3 Å². The molecule has 0 bridgehead atoms. The van der Waals surface area contributed by atoms with E-state index in [4.69, 9.17) is 10.5 Å². The number of ether oxygens (including phenoxy) is 1. The molecule has 3 nitrogen and oxygen atoms in total. The van der Waals surface area contributed by atoms with Gasteiger partial charge in [0.25, 0.3) is 0 Å². The molecular weight excluding hydrogens is 312 g/mol. The van der Waals surface area contributed by atoms with Crippen LogP contribution in [0, 0.1) is 0 Å². The van der Waals surface area contributed by atoms with Crippen LogP contribution in [-0.4, -0.2) is 36.2 Å². The predicted molar refractivity (Wildman–Crippen MR) is 80.0 cm³/mol. The smallest absolute Gasteiger partial charge is 0.0675 e. The number of rotatable bonds is 3. The SMILES string of the molecule is CC1CN(C(c2cc(Br)cs2)C(C)N)C(C)CO1. The van der Waals surface area contributed by atoms with Gasteiger partial charge in [-0.05, 0) is 42.8 Å². The Kier molecular flexibility index (Phi) is 4.83. The summed E-state index contributed by atoms with van der Waals surface area (Å²) in [5.41, 5.74) is 6.23. The zero-order chi connectivity index (χ0) is 13.3. The topological polar surface area (TPSA) is 38.5 Å². The van der Waals surface area contributed by atoms with E-state index in [0.29, 0.717) is 6.04 Å². The standard InChI is InChI=1S/C13H21BrN2OS/c1-8-6-17-9(2)5-16(8)13(10(3)15)12-4-11(14)7-18-12/h4,7-10,13H,5-6,15H2,1-3H3. The molecule has 102 valence electrons. The summed E-state index contributed by atoms with van der Waals surface area (Å²) in [4.78, 5) is 3.81. The van der Waals surface area contributed by atoms with Crippen LogP contribution in [0.1, 0.15) is 31.7 Å². The summed E-state index contributed by atoms with van der Waals surface area (Å²) in [5.74, 6) is 0. The Morgan fingerprint density at radius 2 is 2.28 bits per heavy atom. The van der Waals surface area contributed by atoms with Gasteiger partial charge < -0.3 is 10.5 Å². The summed E-state index contributed by atoms with van der Waals surface area (Å²) in [5, 5.41) is 2.12. The molecule has 2 heterocycles. The number of thiophene rings is 1. The second-order valence-electron chi connectivity index (χ2n) is 5.16. The molecule has 0 aliphatic carbocycles. The third kappa shape index (κ3) is 3.14. The van der Waals surface area contributed by atoms with Crippen LogP contribution < -0.4 is 5.73 Å². The van der Waals surface area contributed by atoms with Gasteiger partial charge in [0.05, 0.1) is 18.8 Å². The van der Waals surface area contributed by atoms with E-state index in [9.17, 15) is 0 Å². The number of halogens is 1. The molecule has 0 radical (unpaired) electrons. The highest BCUT2D eigenvalue weighted by atomic mass is 79.9. The molecule has 1 saturated heterocycles. The van der Waals surface area contributed by atoms with E-state index in [0.717, 1.165) is 17.6 Å². The molecule has 1 aliphatic rings. The fourth-order valence-electron chi connectivity index (χ4n) is 2.52. The second kappa shape index (κ2) is 6.01. The van der Waals surface area contributed by atoms with Gasteiger partial charge in [0.2, 0.25) is 0 Å². The normalized spacial score (nSPS) is 29.2. The molecule has 4 atom stereocenters. The highest BCUT2D eigenvalue weighted by molar-refractivity contribution is 9.10. The fourth-order valence-corrected chi connectivity index (χ4v) is 4.20. The summed E-state index contributed by atoms with van der Waals surface area (Å²) in [6, 6.07) is 3.00. The molecule has 0 saturated carbocycles. The van der Waals surface area contributed by atoms with Crippen molar-refractivity contribution in [3.8, 4) is 0 Å². The molecule has 0 amide bonds. The summed E-state index contributed by atoms with van der Waals surface area (Å²) in [6.07, 6.45) is 0.283. The lowest BCUT2D eigenvalue weighted by atomic mass is 10.0. The van der Waals surface area contributed by atoms with Crippen LogP contribution >= 0.6 is 27.3 Å². The molecule has 1 aromatic heterocycles. The van der Waals surface area contributed by atoms with Crippen LogP contribution in [0.5, 0.6) is 0 Å². The predicted octanol–water partition coefficient (Wildman–Crippen LogP) is 3.01. The van der Waals surface area contributed by atoms with E-state index in [1.54, 1.807) is 11.3 Å². The number of hydrogen-bond acceptors (Lipinski definition) is 4. The first-order valence-corrected chi connectivity index (χ1v) is 8.03. The summed E-state index contributed by atoms with van der Waals surface area (Å²) >= 11 is 5.30. The molecule has 2 rings (SSSR count). The Morgan fingerprint density at radius 1 is 1.56 bits per heavy atom. The lowest BCUT2D eigenvalue weighted by Gasteiger charge is -2.43. The Hall–Kier alpha value is 0.0600. The first kappa shape index (κ1) is 14.5. The van der Waals surface area contributed by atoms with Crippen molar-refractivity contribution in [3.05, 3.63) is 20.8 Å². The van der Waals surface area contributed by atoms with Crippen molar-refractivity contribution in [3.63, 3.8) is 0 Å². The molecule has 2 N–H and O–H groups in total. The minimum Gasteiger partial charge on any atom is -0.376 e. The van der Waals surface area contributed by atoms with E-state index in [-0.39, 0.29) is 18.2 Å². The monoisotopic (exact) mass is 332 g/mol. The van der Waals surface area contributed by atoms with E-state index < -0.39 is 0 Å². The molecule has 0 aromatic carbocycles. The van der Waals surface area contributed by atoms with E-state index in [1.807, 2.05) is 0 Å². The maximum atomic E-state index is 6.23. The quantitative estimate of drug-likeness (QED) is 0.924. The van der Waals surface area contributed by atoms with Crippen molar-refractivity contribution in [1.82, 2.24) is 4.90 Å². The number of hydrogen-bond donors (Lipinski definition) is 1. The number of morpholine rings is 1. The average molecular weight is 333 g/mol. The maximum absolute atomic E-state index is 6.23. The summed E-state index contributed by atoms with van der Waals surface area (Å²) in [6.45, 7) is 8.16. The highest BCUT2D eigenvalue weighted by Gasteiger charge is 2.33. The lowest BCUT2D eigenvalue weighted by Crippen LogP contribution is -2.52. The van der Waals surface area contributed by atoms with Gasteiger partial charge in [0, 0.05) is 33.4 Å². The van der Waals surface area contributed by atoms with Gasteiger partial charge in [-0.3, -0.25) is 4.90 Å². The summed E-state index contributed by atoms with van der Waals surface area (Å²) in [7, 11) is 0. The fraction of sp³-hybridized carbons (Fsp3) is 0.692. The molecule has 18 heavy (non-hydrogen) atoms. The average Bonchev–Trinajstić information content (AvgIpc) is 2.70. The van der Waals surface area contributed by atoms with E-state index in [2.05, 4.69) is 53.0 Å². The van der Waals surface area contributed by atoms with Crippen LogP contribution in [0.4, 0.5) is 0 Å². The van der Waals surface area contributed by atoms with Crippen molar-refractivity contribution in [2.75, 3.05) is 13.2 Å². The Morgan fingerprint density at radius 3 is 2.83 bits per heavy atom. The van der Waals surface area contributed by atoms with Gasteiger partial charge in [0.1, 0.15) is 0 Å². The Bertz CT molecular complexity index is 396. The van der Waals surface area contributed by atoms with Crippen LogP contribution in [0.25, 0.3) is 0 Å². The maximum Gasteiger partial charge on any atom is 0.0675 e. The third-order valence-electron chi connectivity index (χ3n) is 3.39. The number of nitrogens with two attached hydrogens (primary N) is 1. The van der Waals surface area contributed by atoms with Crippen LogP contribution in [0.15, 0.2) is 15.9 Å². The van der Waals surface area contributed by atoms with Crippen molar-refractivity contribution in [2.24, 2.45) is 5.73 Å². The minimum atomic E-state index is 0.114. The van der Waals surface area contributed by atoms with Crippen LogP contribution in [-0.2, 0) is 4.74 Å². The van der Waals surface area contributed by atoms with Gasteiger partial charge in [-0.25, -0.2) is 0 Å². The third-order valence-corrected chi connectivity index (χ3v) is 5.15. The van der Waals surface area contributed by atoms with Crippen molar-refractivity contribution in [1.29, 1.82) is 0 Å². The molecule has 5 heteroatoms. The molecule has 0 spiro atoms. The molecular formula is C13H21BrN2OS. The minimum absolute atomic E-state index is 0.114. The Balaban J connectivity index is 2.24.